The first-order valence-electron chi connectivity index (χ1n) is 10.9. The number of aliphatic hydroxyl groups excluding tert-OH is 1. The maximum absolute atomic E-state index is 13.4. The average Bonchev–Trinajstić information content (AvgIpc) is 3.14. The van der Waals surface area contributed by atoms with Crippen LogP contribution in [0, 0.1) is 0 Å². The van der Waals surface area contributed by atoms with E-state index in [-0.39, 0.29) is 16.9 Å². The quantitative estimate of drug-likeness (QED) is 0.270. The molecule has 1 amide bonds. The van der Waals surface area contributed by atoms with E-state index in [1.165, 1.54) is 19.1 Å². The zero-order valence-electron chi connectivity index (χ0n) is 19.4. The molecule has 1 saturated heterocycles. The van der Waals surface area contributed by atoms with Crippen LogP contribution < -0.4 is 19.1 Å². The van der Waals surface area contributed by atoms with E-state index in [4.69, 9.17) is 25.8 Å². The lowest BCUT2D eigenvalue weighted by atomic mass is 9.94. The third-order valence-electron chi connectivity index (χ3n) is 5.70. The SMILES string of the molecule is CCOc1cccc(N2C(=O)C(=O)/C(=C(\O)c3ccc(OC)cc3OC)C2c2ccc(Cl)cc2)c1. The highest BCUT2D eigenvalue weighted by Crippen LogP contribution is 2.44. The number of carbonyl (C=O) groups excluding carboxylic acids is 2. The highest BCUT2D eigenvalue weighted by molar-refractivity contribution is 6.51. The zero-order chi connectivity index (χ0) is 25.1. The van der Waals surface area contributed by atoms with Crippen LogP contribution in [0.25, 0.3) is 5.76 Å². The minimum Gasteiger partial charge on any atom is -0.507 e. The number of Topliss-reactive ketones (excluding diaryl/α,β-unsaturated/α-hetero) is 1. The maximum atomic E-state index is 13.4. The molecule has 35 heavy (non-hydrogen) atoms. The Labute approximate surface area is 208 Å². The summed E-state index contributed by atoms with van der Waals surface area (Å²) in [5.74, 6) is -0.582. The molecule has 3 aromatic rings. The van der Waals surface area contributed by atoms with E-state index < -0.39 is 17.7 Å². The summed E-state index contributed by atoms with van der Waals surface area (Å²) < 4.78 is 16.2. The summed E-state index contributed by atoms with van der Waals surface area (Å²) in [6, 6.07) is 17.6. The molecule has 1 atom stereocenters. The minimum atomic E-state index is -0.907. The Hall–Kier alpha value is -3.97. The molecule has 7 nitrogen and oxygen atoms in total. The Morgan fingerprint density at radius 1 is 0.971 bits per heavy atom. The predicted molar refractivity (Wildman–Crippen MR) is 133 cm³/mol. The van der Waals surface area contributed by atoms with Crippen molar-refractivity contribution in [2.45, 2.75) is 13.0 Å². The summed E-state index contributed by atoms with van der Waals surface area (Å²) in [6.07, 6.45) is 0. The van der Waals surface area contributed by atoms with Crippen LogP contribution in [-0.2, 0) is 9.59 Å². The van der Waals surface area contributed by atoms with Gasteiger partial charge in [-0.15, -0.1) is 0 Å². The van der Waals surface area contributed by atoms with Crippen molar-refractivity contribution in [3.8, 4) is 17.2 Å². The van der Waals surface area contributed by atoms with Gasteiger partial charge in [-0.25, -0.2) is 0 Å². The van der Waals surface area contributed by atoms with Gasteiger partial charge in [0.25, 0.3) is 11.7 Å². The normalized spacial score (nSPS) is 16.9. The van der Waals surface area contributed by atoms with E-state index in [9.17, 15) is 14.7 Å². The molecule has 1 fully saturated rings. The van der Waals surface area contributed by atoms with Crippen molar-refractivity contribution in [2.24, 2.45) is 0 Å². The van der Waals surface area contributed by atoms with Crippen molar-refractivity contribution >= 4 is 34.7 Å². The summed E-state index contributed by atoms with van der Waals surface area (Å²) in [5.41, 5.74) is 1.25. The summed E-state index contributed by atoms with van der Waals surface area (Å²) in [5, 5.41) is 11.9. The van der Waals surface area contributed by atoms with Crippen molar-refractivity contribution in [2.75, 3.05) is 25.7 Å². The molecule has 1 unspecified atom stereocenters. The van der Waals surface area contributed by atoms with Crippen LogP contribution in [0.5, 0.6) is 17.2 Å². The van der Waals surface area contributed by atoms with Gasteiger partial charge in [0.05, 0.1) is 38.0 Å². The van der Waals surface area contributed by atoms with Gasteiger partial charge in [-0.2, -0.15) is 0 Å². The summed E-state index contributed by atoms with van der Waals surface area (Å²) >= 11 is 6.09. The van der Waals surface area contributed by atoms with Crippen LogP contribution in [0.1, 0.15) is 24.1 Å². The molecule has 0 saturated carbocycles. The third kappa shape index (κ3) is 4.55. The van der Waals surface area contributed by atoms with Crippen LogP contribution >= 0.6 is 11.6 Å². The lowest BCUT2D eigenvalue weighted by Crippen LogP contribution is -2.29. The number of halogens is 1. The van der Waals surface area contributed by atoms with Gasteiger partial charge in [-0.3, -0.25) is 14.5 Å². The molecular weight excluding hydrogens is 470 g/mol. The lowest BCUT2D eigenvalue weighted by Gasteiger charge is -2.26. The van der Waals surface area contributed by atoms with Crippen molar-refractivity contribution in [1.82, 2.24) is 0 Å². The molecule has 1 aliphatic heterocycles. The second kappa shape index (κ2) is 10.1. The topological polar surface area (TPSA) is 85.3 Å². The third-order valence-corrected chi connectivity index (χ3v) is 5.95. The van der Waals surface area contributed by atoms with Gasteiger partial charge < -0.3 is 19.3 Å². The molecule has 3 aromatic carbocycles. The van der Waals surface area contributed by atoms with Crippen LogP contribution in [0.3, 0.4) is 0 Å². The molecule has 0 aromatic heterocycles. The predicted octanol–water partition coefficient (Wildman–Crippen LogP) is 5.38. The summed E-state index contributed by atoms with van der Waals surface area (Å²) in [6.45, 7) is 2.30. The number of rotatable bonds is 7. The van der Waals surface area contributed by atoms with Gasteiger partial charge in [0.1, 0.15) is 23.0 Å². The van der Waals surface area contributed by atoms with E-state index in [0.717, 1.165) is 0 Å². The Bertz CT molecular complexity index is 1300. The fraction of sp³-hybridized carbons (Fsp3) is 0.185. The van der Waals surface area contributed by atoms with Gasteiger partial charge in [0, 0.05) is 22.8 Å². The number of hydrogen-bond donors (Lipinski definition) is 1. The van der Waals surface area contributed by atoms with Gasteiger partial charge in [0.2, 0.25) is 0 Å². The summed E-state index contributed by atoms with van der Waals surface area (Å²) in [4.78, 5) is 28.1. The number of hydrogen-bond acceptors (Lipinski definition) is 6. The number of aliphatic hydroxyl groups is 1. The highest BCUT2D eigenvalue weighted by Gasteiger charge is 2.47. The first-order valence-corrected chi connectivity index (χ1v) is 11.3. The number of nitrogens with zero attached hydrogens (tertiary/aromatic N) is 1. The van der Waals surface area contributed by atoms with E-state index in [1.54, 1.807) is 66.7 Å². The second-order valence-electron chi connectivity index (χ2n) is 7.72. The molecule has 0 aliphatic carbocycles. The minimum absolute atomic E-state index is 0.0670. The standard InChI is InChI=1S/C27H24ClNO6/c1-4-35-20-7-5-6-18(14-20)29-24(16-8-10-17(28)11-9-16)23(26(31)27(29)32)25(30)21-13-12-19(33-2)15-22(21)34-3/h5-15,24,30H,4H2,1-3H3/b25-23-. The first-order chi connectivity index (χ1) is 16.9. The first kappa shape index (κ1) is 24.2. The Kier molecular flexibility index (Phi) is 6.98. The van der Waals surface area contributed by atoms with E-state index in [1.807, 2.05) is 6.92 Å². The maximum Gasteiger partial charge on any atom is 0.300 e. The monoisotopic (exact) mass is 493 g/mol. The fourth-order valence-corrected chi connectivity index (χ4v) is 4.21. The molecule has 0 spiro atoms. The number of methoxy groups -OCH3 is 2. The lowest BCUT2D eigenvalue weighted by molar-refractivity contribution is -0.132. The van der Waals surface area contributed by atoms with Crippen molar-refractivity contribution in [3.05, 3.63) is 88.5 Å². The van der Waals surface area contributed by atoms with Gasteiger partial charge in [-0.1, -0.05) is 29.8 Å². The Balaban J connectivity index is 1.94. The highest BCUT2D eigenvalue weighted by atomic mass is 35.5. The molecule has 1 N–H and O–H groups in total. The number of ketones is 1. The molecule has 1 aliphatic rings. The number of benzene rings is 3. The van der Waals surface area contributed by atoms with Gasteiger partial charge in [0.15, 0.2) is 0 Å². The number of anilines is 1. The van der Waals surface area contributed by atoms with Crippen LogP contribution in [0.15, 0.2) is 72.3 Å². The molecular formula is C27H24ClNO6. The van der Waals surface area contributed by atoms with Crippen LogP contribution in [0.4, 0.5) is 5.69 Å². The number of amides is 1. The number of ether oxygens (including phenoxy) is 3. The number of carbonyl (C=O) groups is 2. The van der Waals surface area contributed by atoms with Crippen LogP contribution in [-0.4, -0.2) is 37.6 Å². The Morgan fingerprint density at radius 3 is 2.37 bits per heavy atom. The molecule has 0 radical (unpaired) electrons. The van der Waals surface area contributed by atoms with E-state index in [2.05, 4.69) is 0 Å². The Morgan fingerprint density at radius 2 is 1.71 bits per heavy atom. The molecule has 180 valence electrons. The molecule has 8 heteroatoms. The molecule has 4 rings (SSSR count). The largest absolute Gasteiger partial charge is 0.507 e. The van der Waals surface area contributed by atoms with Gasteiger partial charge in [-0.05, 0) is 48.9 Å². The van der Waals surface area contributed by atoms with E-state index in [0.29, 0.717) is 40.1 Å². The average molecular weight is 494 g/mol. The second-order valence-corrected chi connectivity index (χ2v) is 8.15. The van der Waals surface area contributed by atoms with Crippen molar-refractivity contribution < 1.29 is 28.9 Å². The smallest absolute Gasteiger partial charge is 0.300 e. The van der Waals surface area contributed by atoms with E-state index >= 15 is 0 Å². The fourth-order valence-electron chi connectivity index (χ4n) is 4.09. The van der Waals surface area contributed by atoms with Crippen molar-refractivity contribution in [3.63, 3.8) is 0 Å². The van der Waals surface area contributed by atoms with Crippen LogP contribution in [0.2, 0.25) is 5.02 Å². The summed E-state index contributed by atoms with van der Waals surface area (Å²) in [7, 11) is 2.96. The van der Waals surface area contributed by atoms with Crippen molar-refractivity contribution in [1.29, 1.82) is 0 Å². The molecule has 0 bridgehead atoms. The molecule has 1 heterocycles. The van der Waals surface area contributed by atoms with Gasteiger partial charge >= 0.3 is 0 Å². The zero-order valence-corrected chi connectivity index (χ0v) is 20.2.